The molecule has 34 heavy (non-hydrogen) atoms. The second kappa shape index (κ2) is 9.95. The molecular weight excluding hydrogens is 458 g/mol. The molecule has 1 atom stereocenters. The molecule has 0 bridgehead atoms. The van der Waals surface area contributed by atoms with Crippen LogP contribution in [0, 0.1) is 0 Å². The van der Waals surface area contributed by atoms with E-state index in [4.69, 9.17) is 25.8 Å². The predicted molar refractivity (Wildman–Crippen MR) is 126 cm³/mol. The molecule has 2 amide bonds. The van der Waals surface area contributed by atoms with Crippen molar-refractivity contribution in [3.63, 3.8) is 0 Å². The van der Waals surface area contributed by atoms with Gasteiger partial charge in [-0.1, -0.05) is 41.9 Å². The third-order valence-corrected chi connectivity index (χ3v) is 6.63. The molecule has 8 nitrogen and oxygen atoms in total. The molecular formula is C25H26ClN3O5. The van der Waals surface area contributed by atoms with E-state index in [1.807, 2.05) is 42.5 Å². The zero-order valence-electron chi connectivity index (χ0n) is 18.6. The van der Waals surface area contributed by atoms with Gasteiger partial charge in [-0.3, -0.25) is 14.6 Å². The van der Waals surface area contributed by atoms with Crippen LogP contribution in [0.25, 0.3) is 0 Å². The fraction of sp³-hybridized carbons (Fsp3) is 0.360. The highest BCUT2D eigenvalue weighted by Crippen LogP contribution is 2.34. The number of carbonyl (C=O) groups is 2. The van der Waals surface area contributed by atoms with Gasteiger partial charge in [0, 0.05) is 36.3 Å². The second-order valence-corrected chi connectivity index (χ2v) is 8.96. The monoisotopic (exact) mass is 483 g/mol. The highest BCUT2D eigenvalue weighted by Gasteiger charge is 2.39. The van der Waals surface area contributed by atoms with Crippen LogP contribution in [-0.2, 0) is 32.2 Å². The molecule has 9 heteroatoms. The number of amides is 2. The average molecular weight is 484 g/mol. The molecule has 0 saturated carbocycles. The van der Waals surface area contributed by atoms with Crippen molar-refractivity contribution >= 4 is 29.3 Å². The maximum absolute atomic E-state index is 13.2. The molecule has 0 spiro atoms. The van der Waals surface area contributed by atoms with Crippen LogP contribution >= 0.6 is 11.6 Å². The Hall–Kier alpha value is -3.23. The summed E-state index contributed by atoms with van der Waals surface area (Å²) in [7, 11) is 0. The Morgan fingerprint density at radius 1 is 1.12 bits per heavy atom. The maximum Gasteiger partial charge on any atom is 0.414 e. The lowest BCUT2D eigenvalue weighted by Gasteiger charge is -2.42. The molecule has 3 heterocycles. The van der Waals surface area contributed by atoms with E-state index in [1.54, 1.807) is 11.0 Å². The summed E-state index contributed by atoms with van der Waals surface area (Å²) in [6, 6.07) is 14.6. The van der Waals surface area contributed by atoms with E-state index in [0.29, 0.717) is 43.3 Å². The Morgan fingerprint density at radius 2 is 1.91 bits per heavy atom. The molecule has 5 rings (SSSR count). The summed E-state index contributed by atoms with van der Waals surface area (Å²) < 4.78 is 16.2. The van der Waals surface area contributed by atoms with Crippen LogP contribution in [0.2, 0.25) is 5.02 Å². The standard InChI is InChI=1S/C25H26ClN3O5/c26-19-6-7-21-18(12-19)14-33-25(31)29(21)20-8-10-28(11-9-20)23(22-15-32-16-34-22)24(30)27-13-17-4-2-1-3-5-17/h1-7,12,15,20,23H,8-11,13-14,16H2,(H,27,30). The van der Waals surface area contributed by atoms with Gasteiger partial charge in [0.05, 0.1) is 5.69 Å². The number of nitrogens with one attached hydrogen (secondary N) is 1. The van der Waals surface area contributed by atoms with E-state index in [2.05, 4.69) is 10.2 Å². The number of anilines is 1. The summed E-state index contributed by atoms with van der Waals surface area (Å²) >= 11 is 6.13. The summed E-state index contributed by atoms with van der Waals surface area (Å²) in [5.74, 6) is 0.359. The van der Waals surface area contributed by atoms with E-state index >= 15 is 0 Å². The van der Waals surface area contributed by atoms with E-state index in [1.165, 1.54) is 6.26 Å². The highest BCUT2D eigenvalue weighted by atomic mass is 35.5. The minimum atomic E-state index is -0.591. The molecule has 1 fully saturated rings. The zero-order chi connectivity index (χ0) is 23.5. The van der Waals surface area contributed by atoms with Crippen molar-refractivity contribution in [3.05, 3.63) is 76.7 Å². The number of rotatable bonds is 6. The van der Waals surface area contributed by atoms with Crippen LogP contribution in [0.15, 0.2) is 60.6 Å². The average Bonchev–Trinajstić information content (AvgIpc) is 3.39. The van der Waals surface area contributed by atoms with Crippen LogP contribution in [0.1, 0.15) is 24.0 Å². The van der Waals surface area contributed by atoms with Crippen molar-refractivity contribution in [1.29, 1.82) is 0 Å². The molecule has 0 aliphatic carbocycles. The van der Waals surface area contributed by atoms with Crippen LogP contribution in [-0.4, -0.2) is 48.9 Å². The largest absolute Gasteiger partial charge is 0.462 e. The third kappa shape index (κ3) is 4.69. The second-order valence-electron chi connectivity index (χ2n) is 8.52. The molecule has 1 saturated heterocycles. The van der Waals surface area contributed by atoms with Gasteiger partial charge in [0.1, 0.15) is 12.9 Å². The Morgan fingerprint density at radius 3 is 2.65 bits per heavy atom. The number of benzene rings is 2. The first-order chi connectivity index (χ1) is 16.6. The number of likely N-dealkylation sites (tertiary alicyclic amines) is 1. The van der Waals surface area contributed by atoms with E-state index in [-0.39, 0.29) is 31.4 Å². The summed E-state index contributed by atoms with van der Waals surface area (Å²) in [4.78, 5) is 29.7. The van der Waals surface area contributed by atoms with Crippen molar-refractivity contribution < 1.29 is 23.8 Å². The van der Waals surface area contributed by atoms with Crippen molar-refractivity contribution in [2.75, 3.05) is 24.8 Å². The number of piperidine rings is 1. The quantitative estimate of drug-likeness (QED) is 0.673. The lowest BCUT2D eigenvalue weighted by atomic mass is 9.98. The number of carbonyl (C=O) groups excluding carboxylic acids is 2. The minimum absolute atomic E-state index is 0.0354. The van der Waals surface area contributed by atoms with Crippen LogP contribution in [0.3, 0.4) is 0 Å². The number of hydrogen-bond donors (Lipinski definition) is 1. The first-order valence-corrected chi connectivity index (χ1v) is 11.7. The predicted octanol–water partition coefficient (Wildman–Crippen LogP) is 3.79. The molecule has 0 aromatic heterocycles. The Balaban J connectivity index is 1.28. The first-order valence-electron chi connectivity index (χ1n) is 11.3. The molecule has 2 aromatic rings. The molecule has 178 valence electrons. The molecule has 1 unspecified atom stereocenters. The number of cyclic esters (lactones) is 1. The number of hydrogen-bond acceptors (Lipinski definition) is 6. The topological polar surface area (TPSA) is 80.3 Å². The fourth-order valence-electron chi connectivity index (χ4n) is 4.71. The van der Waals surface area contributed by atoms with Gasteiger partial charge in [-0.05, 0) is 36.6 Å². The fourth-order valence-corrected chi connectivity index (χ4v) is 4.91. The Bertz CT molecular complexity index is 1090. The minimum Gasteiger partial charge on any atom is -0.462 e. The van der Waals surface area contributed by atoms with Crippen LogP contribution < -0.4 is 10.2 Å². The number of ether oxygens (including phenoxy) is 3. The van der Waals surface area contributed by atoms with Crippen LogP contribution in [0.4, 0.5) is 10.5 Å². The highest BCUT2D eigenvalue weighted by molar-refractivity contribution is 6.30. The summed E-state index contributed by atoms with van der Waals surface area (Å²) in [5.41, 5.74) is 2.76. The lowest BCUT2D eigenvalue weighted by Crippen LogP contribution is -2.55. The van der Waals surface area contributed by atoms with Crippen molar-refractivity contribution in [2.24, 2.45) is 0 Å². The van der Waals surface area contributed by atoms with E-state index in [9.17, 15) is 9.59 Å². The molecule has 3 aliphatic rings. The van der Waals surface area contributed by atoms with Crippen molar-refractivity contribution in [3.8, 4) is 0 Å². The molecule has 2 aromatic carbocycles. The summed E-state index contributed by atoms with van der Waals surface area (Å²) in [6.45, 7) is 1.98. The summed E-state index contributed by atoms with van der Waals surface area (Å²) in [6.07, 6.45) is 2.54. The van der Waals surface area contributed by atoms with Gasteiger partial charge < -0.3 is 19.5 Å². The van der Waals surface area contributed by atoms with Crippen molar-refractivity contribution in [2.45, 2.75) is 38.1 Å². The SMILES string of the molecule is O=C(NCc1ccccc1)C(C1=COCO1)N1CCC(N2C(=O)OCc3cc(Cl)ccc32)CC1. The first kappa shape index (κ1) is 22.6. The number of halogens is 1. The molecule has 1 N–H and O–H groups in total. The van der Waals surface area contributed by atoms with Crippen molar-refractivity contribution in [1.82, 2.24) is 10.2 Å². The lowest BCUT2D eigenvalue weighted by molar-refractivity contribution is -0.127. The summed E-state index contributed by atoms with van der Waals surface area (Å²) in [5, 5.41) is 3.63. The van der Waals surface area contributed by atoms with Gasteiger partial charge >= 0.3 is 6.09 Å². The third-order valence-electron chi connectivity index (χ3n) is 6.40. The van der Waals surface area contributed by atoms with Gasteiger partial charge in [-0.2, -0.15) is 0 Å². The Kier molecular flexibility index (Phi) is 6.60. The molecule has 0 radical (unpaired) electrons. The normalized spacial score (nSPS) is 19.4. The van der Waals surface area contributed by atoms with Gasteiger partial charge in [0.2, 0.25) is 12.7 Å². The Labute approximate surface area is 203 Å². The van der Waals surface area contributed by atoms with Gasteiger partial charge in [-0.25, -0.2) is 4.79 Å². The van der Waals surface area contributed by atoms with E-state index < -0.39 is 6.04 Å². The van der Waals surface area contributed by atoms with Gasteiger partial charge in [-0.15, -0.1) is 0 Å². The zero-order valence-corrected chi connectivity index (χ0v) is 19.4. The maximum atomic E-state index is 13.2. The van der Waals surface area contributed by atoms with E-state index in [0.717, 1.165) is 16.8 Å². The smallest absolute Gasteiger partial charge is 0.414 e. The number of fused-ring (bicyclic) bond motifs is 1. The van der Waals surface area contributed by atoms with Gasteiger partial charge in [0.25, 0.3) is 0 Å². The number of nitrogens with zero attached hydrogens (tertiary/aromatic N) is 2. The molecule has 3 aliphatic heterocycles. The van der Waals surface area contributed by atoms with Crippen LogP contribution in [0.5, 0.6) is 0 Å². The van der Waals surface area contributed by atoms with Gasteiger partial charge in [0.15, 0.2) is 11.8 Å².